The first-order valence-corrected chi connectivity index (χ1v) is 13.4. The largest absolute Gasteiger partial charge is 0.356 e. The molecule has 0 aromatic heterocycles. The average molecular weight is 498 g/mol. The third kappa shape index (κ3) is 4.56. The van der Waals surface area contributed by atoms with E-state index in [9.17, 15) is 0 Å². The summed E-state index contributed by atoms with van der Waals surface area (Å²) in [7, 11) is 0. The van der Waals surface area contributed by atoms with E-state index in [1.807, 2.05) is 0 Å². The molecule has 0 spiro atoms. The Morgan fingerprint density at radius 1 is 0.308 bits per heavy atom. The smallest absolute Gasteiger partial charge is 0.0390 e. The van der Waals surface area contributed by atoms with Crippen molar-refractivity contribution in [3.05, 3.63) is 158 Å². The van der Waals surface area contributed by atoms with Crippen LogP contribution in [-0.2, 0) is 0 Å². The fraction of sp³-hybridized carbons (Fsp3) is 0. The van der Waals surface area contributed by atoms with E-state index in [1.54, 1.807) is 0 Å². The van der Waals surface area contributed by atoms with Gasteiger partial charge in [-0.2, -0.15) is 0 Å². The predicted octanol–water partition coefficient (Wildman–Crippen LogP) is 10.7. The van der Waals surface area contributed by atoms with E-state index >= 15 is 0 Å². The van der Waals surface area contributed by atoms with Gasteiger partial charge in [-0.15, -0.1) is 0 Å². The van der Waals surface area contributed by atoms with Gasteiger partial charge in [0.2, 0.25) is 0 Å². The molecule has 7 rings (SSSR count). The number of benzene rings is 7. The van der Waals surface area contributed by atoms with Crippen LogP contribution in [0.2, 0.25) is 0 Å². The molecule has 184 valence electrons. The Hall–Kier alpha value is -5.14. The van der Waals surface area contributed by atoms with Crippen molar-refractivity contribution in [2.45, 2.75) is 0 Å². The molecule has 39 heavy (non-hydrogen) atoms. The van der Waals surface area contributed by atoms with Crippen LogP contribution in [0.25, 0.3) is 54.9 Å². The van der Waals surface area contributed by atoms with Crippen molar-refractivity contribution in [3.8, 4) is 33.4 Å². The molecule has 0 saturated carbocycles. The molecule has 0 saturated heterocycles. The predicted molar refractivity (Wildman–Crippen MR) is 167 cm³/mol. The van der Waals surface area contributed by atoms with Gasteiger partial charge >= 0.3 is 0 Å². The summed E-state index contributed by atoms with van der Waals surface area (Å²) < 4.78 is 0. The number of hydrogen-bond acceptors (Lipinski definition) is 1. The highest BCUT2D eigenvalue weighted by atomic mass is 14.9. The van der Waals surface area contributed by atoms with Crippen LogP contribution in [0, 0.1) is 0 Å². The Kier molecular flexibility index (Phi) is 5.88. The highest BCUT2D eigenvalue weighted by molar-refractivity contribution is 5.97. The molecule has 0 bridgehead atoms. The van der Waals surface area contributed by atoms with E-state index in [0.29, 0.717) is 0 Å². The van der Waals surface area contributed by atoms with Crippen LogP contribution in [-0.4, -0.2) is 0 Å². The van der Waals surface area contributed by atoms with Crippen molar-refractivity contribution in [3.63, 3.8) is 0 Å². The molecule has 0 aliphatic heterocycles. The molecule has 0 amide bonds. The lowest BCUT2D eigenvalue weighted by Gasteiger charge is -2.15. The maximum absolute atomic E-state index is 3.65. The van der Waals surface area contributed by atoms with Crippen LogP contribution < -0.4 is 5.32 Å². The van der Waals surface area contributed by atoms with E-state index in [4.69, 9.17) is 0 Å². The minimum atomic E-state index is 1.07. The van der Waals surface area contributed by atoms with Crippen LogP contribution in [0.15, 0.2) is 158 Å². The van der Waals surface area contributed by atoms with Crippen LogP contribution in [0.1, 0.15) is 0 Å². The molecule has 1 nitrogen and oxygen atoms in total. The van der Waals surface area contributed by atoms with Crippen molar-refractivity contribution in [2.24, 2.45) is 0 Å². The van der Waals surface area contributed by atoms with Gasteiger partial charge in [0.15, 0.2) is 0 Å². The fourth-order valence-corrected chi connectivity index (χ4v) is 5.46. The summed E-state index contributed by atoms with van der Waals surface area (Å²) in [5.74, 6) is 0. The zero-order valence-electron chi connectivity index (χ0n) is 21.5. The van der Waals surface area contributed by atoms with Crippen LogP contribution in [0.5, 0.6) is 0 Å². The van der Waals surface area contributed by atoms with Gasteiger partial charge in [-0.05, 0) is 85.3 Å². The summed E-state index contributed by atoms with van der Waals surface area (Å²) in [5.41, 5.74) is 9.46. The monoisotopic (exact) mass is 497 g/mol. The number of anilines is 2. The third-order valence-corrected chi connectivity index (χ3v) is 7.44. The van der Waals surface area contributed by atoms with Crippen LogP contribution in [0.3, 0.4) is 0 Å². The maximum atomic E-state index is 3.65. The second-order valence-electron chi connectivity index (χ2n) is 9.92. The van der Waals surface area contributed by atoms with E-state index in [1.165, 1.54) is 54.9 Å². The van der Waals surface area contributed by atoms with Crippen molar-refractivity contribution in [1.82, 2.24) is 0 Å². The summed E-state index contributed by atoms with van der Waals surface area (Å²) in [6.45, 7) is 0. The van der Waals surface area contributed by atoms with Crippen molar-refractivity contribution in [2.75, 3.05) is 5.32 Å². The standard InChI is InChI=1S/C38H27N/c1-2-10-28(11-3-1)37-24-23-34(26-38(37)32-18-17-27-9-4-5-13-31(27)25-32)39-33-21-19-30(20-22-33)36-16-8-14-29-12-6-7-15-35(29)36/h1-26,39H. The minimum absolute atomic E-state index is 1.07. The van der Waals surface area contributed by atoms with Gasteiger partial charge in [-0.25, -0.2) is 0 Å². The van der Waals surface area contributed by atoms with Gasteiger partial charge in [0.25, 0.3) is 0 Å². The molecule has 1 heteroatoms. The molecule has 0 aliphatic carbocycles. The normalized spacial score (nSPS) is 11.1. The third-order valence-electron chi connectivity index (χ3n) is 7.44. The lowest BCUT2D eigenvalue weighted by Crippen LogP contribution is -1.93. The topological polar surface area (TPSA) is 12.0 Å². The summed E-state index contributed by atoms with van der Waals surface area (Å²) in [5, 5.41) is 8.68. The summed E-state index contributed by atoms with van der Waals surface area (Å²) in [6.07, 6.45) is 0. The SMILES string of the molecule is c1ccc(-c2ccc(Nc3ccc(-c4cccc5ccccc45)cc3)cc2-c2ccc3ccccc3c2)cc1. The van der Waals surface area contributed by atoms with Gasteiger partial charge in [0.05, 0.1) is 0 Å². The molecule has 0 fully saturated rings. The molecule has 0 unspecified atom stereocenters. The second-order valence-corrected chi connectivity index (χ2v) is 9.92. The summed E-state index contributed by atoms with van der Waals surface area (Å²) in [6, 6.07) is 56.4. The number of rotatable bonds is 5. The second kappa shape index (κ2) is 9.96. The fourth-order valence-electron chi connectivity index (χ4n) is 5.46. The molecular weight excluding hydrogens is 470 g/mol. The van der Waals surface area contributed by atoms with E-state index in [0.717, 1.165) is 11.4 Å². The molecule has 0 heterocycles. The molecule has 1 N–H and O–H groups in total. The average Bonchev–Trinajstić information content (AvgIpc) is 3.01. The lowest BCUT2D eigenvalue weighted by atomic mass is 9.92. The zero-order valence-corrected chi connectivity index (χ0v) is 21.5. The van der Waals surface area contributed by atoms with Crippen molar-refractivity contribution >= 4 is 32.9 Å². The number of nitrogens with one attached hydrogen (secondary N) is 1. The minimum Gasteiger partial charge on any atom is -0.356 e. The van der Waals surface area contributed by atoms with Gasteiger partial charge in [0, 0.05) is 11.4 Å². The first-order chi connectivity index (χ1) is 19.3. The summed E-state index contributed by atoms with van der Waals surface area (Å²) in [4.78, 5) is 0. The lowest BCUT2D eigenvalue weighted by molar-refractivity contribution is 1.53. The Balaban J connectivity index is 1.25. The summed E-state index contributed by atoms with van der Waals surface area (Å²) >= 11 is 0. The molecule has 7 aromatic carbocycles. The van der Waals surface area contributed by atoms with Gasteiger partial charge in [-0.3, -0.25) is 0 Å². The van der Waals surface area contributed by atoms with E-state index < -0.39 is 0 Å². The zero-order chi connectivity index (χ0) is 26.0. The van der Waals surface area contributed by atoms with Crippen LogP contribution >= 0.6 is 0 Å². The first-order valence-electron chi connectivity index (χ1n) is 13.4. The van der Waals surface area contributed by atoms with Gasteiger partial charge in [-0.1, -0.05) is 127 Å². The quantitative estimate of drug-likeness (QED) is 0.249. The van der Waals surface area contributed by atoms with Crippen LogP contribution in [0.4, 0.5) is 11.4 Å². The van der Waals surface area contributed by atoms with Gasteiger partial charge < -0.3 is 5.32 Å². The number of hydrogen-bond donors (Lipinski definition) is 1. The Bertz CT molecular complexity index is 1910. The molecule has 0 radical (unpaired) electrons. The molecule has 0 atom stereocenters. The Morgan fingerprint density at radius 2 is 0.949 bits per heavy atom. The molecule has 0 aliphatic rings. The molecular formula is C38H27N. The highest BCUT2D eigenvalue weighted by Gasteiger charge is 2.11. The first kappa shape index (κ1) is 23.0. The van der Waals surface area contributed by atoms with Crippen molar-refractivity contribution in [1.29, 1.82) is 0 Å². The highest BCUT2D eigenvalue weighted by Crippen LogP contribution is 2.37. The maximum Gasteiger partial charge on any atom is 0.0390 e. The number of fused-ring (bicyclic) bond motifs is 2. The Morgan fingerprint density at radius 3 is 1.79 bits per heavy atom. The van der Waals surface area contributed by atoms with E-state index in [-0.39, 0.29) is 0 Å². The molecule has 7 aromatic rings. The van der Waals surface area contributed by atoms with E-state index in [2.05, 4.69) is 163 Å². The Labute approximate surface area is 229 Å². The van der Waals surface area contributed by atoms with Crippen molar-refractivity contribution < 1.29 is 0 Å². The van der Waals surface area contributed by atoms with Gasteiger partial charge in [0.1, 0.15) is 0 Å².